The van der Waals surface area contributed by atoms with E-state index in [0.29, 0.717) is 0 Å². The van der Waals surface area contributed by atoms with Crippen molar-refractivity contribution in [3.63, 3.8) is 0 Å². The summed E-state index contributed by atoms with van der Waals surface area (Å²) >= 11 is 1.73. The summed E-state index contributed by atoms with van der Waals surface area (Å²) in [4.78, 5) is 7.90. The number of imidazole rings is 1. The molecule has 4 heteroatoms. The maximum absolute atomic E-state index is 5.78. The predicted octanol–water partition coefficient (Wildman–Crippen LogP) is 4.05. The van der Waals surface area contributed by atoms with E-state index in [1.807, 2.05) is 18.2 Å². The van der Waals surface area contributed by atoms with Gasteiger partial charge in [0.2, 0.25) is 0 Å². The molecule has 0 aliphatic rings. The second kappa shape index (κ2) is 5.21. The van der Waals surface area contributed by atoms with Gasteiger partial charge in [0.15, 0.2) is 5.16 Å². The van der Waals surface area contributed by atoms with Crippen LogP contribution >= 0.6 is 11.8 Å². The van der Waals surface area contributed by atoms with E-state index in [2.05, 4.69) is 42.0 Å². The number of nitrogens with zero attached hydrogens (tertiary/aromatic N) is 1. The van der Waals surface area contributed by atoms with Gasteiger partial charge in [0, 0.05) is 11.4 Å². The number of aryl methyl sites for hydroxylation is 2. The predicted molar refractivity (Wildman–Crippen MR) is 86.0 cm³/mol. The van der Waals surface area contributed by atoms with Crippen LogP contribution in [-0.2, 0) is 5.75 Å². The van der Waals surface area contributed by atoms with Gasteiger partial charge in [0.25, 0.3) is 0 Å². The molecule has 0 saturated carbocycles. The number of fused-ring (bicyclic) bond motifs is 1. The van der Waals surface area contributed by atoms with Crippen LogP contribution in [0.3, 0.4) is 0 Å². The average Bonchev–Trinajstić information content (AvgIpc) is 2.80. The summed E-state index contributed by atoms with van der Waals surface area (Å²) in [6.07, 6.45) is 0. The number of anilines is 1. The van der Waals surface area contributed by atoms with Crippen LogP contribution in [0, 0.1) is 13.8 Å². The standard InChI is InChI=1S/C16H17N3S/c1-10-4-3-5-11(2)13(10)9-20-16-18-14-7-6-12(17)8-15(14)19-16/h3-8H,9,17H2,1-2H3,(H,18,19). The van der Waals surface area contributed by atoms with Crippen LogP contribution in [-0.4, -0.2) is 9.97 Å². The zero-order valence-corrected chi connectivity index (χ0v) is 12.4. The van der Waals surface area contributed by atoms with E-state index in [9.17, 15) is 0 Å². The molecule has 0 unspecified atom stereocenters. The number of nitrogen functional groups attached to an aromatic ring is 1. The highest BCUT2D eigenvalue weighted by Gasteiger charge is 2.07. The molecule has 0 aliphatic heterocycles. The number of rotatable bonds is 3. The van der Waals surface area contributed by atoms with Crippen molar-refractivity contribution in [2.45, 2.75) is 24.8 Å². The minimum atomic E-state index is 0.757. The molecule has 1 aromatic heterocycles. The average molecular weight is 283 g/mol. The van der Waals surface area contributed by atoms with E-state index in [0.717, 1.165) is 27.6 Å². The number of nitrogens with two attached hydrogens (primary N) is 1. The van der Waals surface area contributed by atoms with E-state index >= 15 is 0 Å². The third kappa shape index (κ3) is 2.51. The van der Waals surface area contributed by atoms with Crippen LogP contribution in [0.4, 0.5) is 5.69 Å². The zero-order chi connectivity index (χ0) is 14.1. The van der Waals surface area contributed by atoms with E-state index in [1.54, 1.807) is 11.8 Å². The van der Waals surface area contributed by atoms with Crippen molar-refractivity contribution in [2.24, 2.45) is 0 Å². The number of hydrogen-bond acceptors (Lipinski definition) is 3. The number of benzene rings is 2. The van der Waals surface area contributed by atoms with E-state index in [1.165, 1.54) is 16.7 Å². The number of hydrogen-bond donors (Lipinski definition) is 2. The Morgan fingerprint density at radius 3 is 2.65 bits per heavy atom. The van der Waals surface area contributed by atoms with Crippen molar-refractivity contribution in [3.05, 3.63) is 53.1 Å². The molecule has 3 aromatic rings. The van der Waals surface area contributed by atoms with Gasteiger partial charge in [-0.25, -0.2) is 4.98 Å². The van der Waals surface area contributed by atoms with Crippen molar-refractivity contribution >= 4 is 28.5 Å². The molecule has 0 saturated heterocycles. The quantitative estimate of drug-likeness (QED) is 0.563. The smallest absolute Gasteiger partial charge is 0.166 e. The first-order valence-corrected chi connectivity index (χ1v) is 7.55. The fourth-order valence-corrected chi connectivity index (χ4v) is 3.37. The lowest BCUT2D eigenvalue weighted by Crippen LogP contribution is -1.91. The number of aromatic amines is 1. The summed E-state index contributed by atoms with van der Waals surface area (Å²) in [7, 11) is 0. The van der Waals surface area contributed by atoms with Crippen LogP contribution in [0.5, 0.6) is 0 Å². The van der Waals surface area contributed by atoms with Gasteiger partial charge in [-0.05, 0) is 48.7 Å². The number of nitrogens with one attached hydrogen (secondary N) is 1. The Labute approximate surface area is 122 Å². The molecule has 3 rings (SSSR count). The lowest BCUT2D eigenvalue weighted by Gasteiger charge is -2.07. The largest absolute Gasteiger partial charge is 0.399 e. The second-order valence-corrected chi connectivity index (χ2v) is 5.94. The summed E-state index contributed by atoms with van der Waals surface area (Å²) in [5.41, 5.74) is 12.5. The maximum atomic E-state index is 5.78. The number of H-pyrrole nitrogens is 1. The summed E-state index contributed by atoms with van der Waals surface area (Å²) in [5, 5.41) is 0.938. The number of aromatic nitrogens is 2. The first-order valence-electron chi connectivity index (χ1n) is 6.56. The summed E-state index contributed by atoms with van der Waals surface area (Å²) in [6, 6.07) is 12.2. The first kappa shape index (κ1) is 13.1. The monoisotopic (exact) mass is 283 g/mol. The topological polar surface area (TPSA) is 54.7 Å². The Balaban J connectivity index is 1.83. The Morgan fingerprint density at radius 2 is 1.90 bits per heavy atom. The molecular formula is C16H17N3S. The first-order chi connectivity index (χ1) is 9.63. The molecule has 1 heterocycles. The van der Waals surface area contributed by atoms with Gasteiger partial charge >= 0.3 is 0 Å². The van der Waals surface area contributed by atoms with Crippen LogP contribution < -0.4 is 5.73 Å². The summed E-state index contributed by atoms with van der Waals surface area (Å²) in [5.74, 6) is 0.924. The molecular weight excluding hydrogens is 266 g/mol. The molecule has 0 bridgehead atoms. The Hall–Kier alpha value is -1.94. The van der Waals surface area contributed by atoms with E-state index < -0.39 is 0 Å². The van der Waals surface area contributed by atoms with Gasteiger partial charge in [0.05, 0.1) is 11.0 Å². The highest BCUT2D eigenvalue weighted by Crippen LogP contribution is 2.26. The van der Waals surface area contributed by atoms with Crippen LogP contribution in [0.2, 0.25) is 0 Å². The van der Waals surface area contributed by atoms with Gasteiger partial charge in [-0.2, -0.15) is 0 Å². The van der Waals surface area contributed by atoms with Crippen molar-refractivity contribution in [1.29, 1.82) is 0 Å². The van der Waals surface area contributed by atoms with E-state index in [-0.39, 0.29) is 0 Å². The van der Waals surface area contributed by atoms with Crippen LogP contribution in [0.25, 0.3) is 11.0 Å². The Morgan fingerprint density at radius 1 is 1.15 bits per heavy atom. The van der Waals surface area contributed by atoms with Gasteiger partial charge in [-0.3, -0.25) is 0 Å². The summed E-state index contributed by atoms with van der Waals surface area (Å²) in [6.45, 7) is 4.31. The van der Waals surface area contributed by atoms with Crippen molar-refractivity contribution in [2.75, 3.05) is 5.73 Å². The van der Waals surface area contributed by atoms with Crippen molar-refractivity contribution in [1.82, 2.24) is 9.97 Å². The highest BCUT2D eigenvalue weighted by atomic mass is 32.2. The fourth-order valence-electron chi connectivity index (χ4n) is 2.29. The molecule has 0 radical (unpaired) electrons. The lowest BCUT2D eigenvalue weighted by molar-refractivity contribution is 1.08. The van der Waals surface area contributed by atoms with Crippen molar-refractivity contribution in [3.8, 4) is 0 Å². The molecule has 3 nitrogen and oxygen atoms in total. The molecule has 0 aliphatic carbocycles. The van der Waals surface area contributed by atoms with Gasteiger partial charge in [-0.15, -0.1) is 0 Å². The molecule has 20 heavy (non-hydrogen) atoms. The normalized spacial score (nSPS) is 11.1. The second-order valence-electron chi connectivity index (χ2n) is 4.98. The van der Waals surface area contributed by atoms with E-state index in [4.69, 9.17) is 5.73 Å². The maximum Gasteiger partial charge on any atom is 0.166 e. The summed E-state index contributed by atoms with van der Waals surface area (Å²) < 4.78 is 0. The van der Waals surface area contributed by atoms with Gasteiger partial charge in [-0.1, -0.05) is 30.0 Å². The zero-order valence-electron chi connectivity index (χ0n) is 11.6. The SMILES string of the molecule is Cc1cccc(C)c1CSc1nc2ccc(N)cc2[nH]1. The molecule has 0 spiro atoms. The lowest BCUT2D eigenvalue weighted by atomic mass is 10.1. The molecule has 3 N–H and O–H groups in total. The number of thioether (sulfide) groups is 1. The molecule has 0 amide bonds. The minimum absolute atomic E-state index is 0.757. The molecule has 0 fully saturated rings. The van der Waals surface area contributed by atoms with Crippen LogP contribution in [0.1, 0.15) is 16.7 Å². The minimum Gasteiger partial charge on any atom is -0.399 e. The molecule has 102 valence electrons. The molecule has 2 aromatic carbocycles. The molecule has 0 atom stereocenters. The van der Waals surface area contributed by atoms with Crippen molar-refractivity contribution < 1.29 is 0 Å². The highest BCUT2D eigenvalue weighted by molar-refractivity contribution is 7.98. The van der Waals surface area contributed by atoms with Gasteiger partial charge in [0.1, 0.15) is 0 Å². The Kier molecular flexibility index (Phi) is 3.40. The van der Waals surface area contributed by atoms with Crippen LogP contribution in [0.15, 0.2) is 41.6 Å². The fraction of sp³-hybridized carbons (Fsp3) is 0.188. The Bertz CT molecular complexity index is 741. The third-order valence-electron chi connectivity index (χ3n) is 3.48. The van der Waals surface area contributed by atoms with Gasteiger partial charge < -0.3 is 10.7 Å². The third-order valence-corrected chi connectivity index (χ3v) is 4.38.